The maximum Gasteiger partial charge on any atom is 0.223 e. The Morgan fingerprint density at radius 2 is 1.77 bits per heavy atom. The molecule has 2 atom stereocenters. The topological polar surface area (TPSA) is 66.9 Å². The predicted octanol–water partition coefficient (Wildman–Crippen LogP) is 2.90. The molecule has 2 aromatic carbocycles. The number of nitrogens with zero attached hydrogens (tertiary/aromatic N) is 2. The largest absolute Gasteiger partial charge is 0.379 e. The molecule has 7 heteroatoms. The Balaban J connectivity index is 1.47. The van der Waals surface area contributed by atoms with Gasteiger partial charge in [0.25, 0.3) is 0 Å². The van der Waals surface area contributed by atoms with E-state index in [1.165, 1.54) is 6.26 Å². The molecule has 31 heavy (non-hydrogen) atoms. The lowest BCUT2D eigenvalue weighted by Crippen LogP contribution is -2.40. The van der Waals surface area contributed by atoms with Crippen LogP contribution in [-0.4, -0.2) is 63.2 Å². The first-order valence-electron chi connectivity index (χ1n) is 10.7. The smallest absolute Gasteiger partial charge is 0.223 e. The van der Waals surface area contributed by atoms with Crippen LogP contribution in [0.5, 0.6) is 0 Å². The van der Waals surface area contributed by atoms with E-state index in [4.69, 9.17) is 4.74 Å². The van der Waals surface area contributed by atoms with Gasteiger partial charge >= 0.3 is 0 Å². The Morgan fingerprint density at radius 1 is 1.06 bits per heavy atom. The van der Waals surface area contributed by atoms with E-state index in [9.17, 15) is 13.2 Å². The van der Waals surface area contributed by atoms with Crippen LogP contribution in [0.25, 0.3) is 0 Å². The number of carbonyl (C=O) groups excluding carboxylic acids is 1. The third-order valence-electron chi connectivity index (χ3n) is 6.38. The standard InChI is InChI=1S/C24H30N2O4S/c1-19(21-6-4-3-5-7-21)26-17-24(14-23(26)27)16-25(12-13-30-18-24)15-20-8-10-22(11-9-20)31(2,28)29/h3-11,19H,12-18H2,1-2H3/t19-,24+/m0/s1. The van der Waals surface area contributed by atoms with Crippen LogP contribution >= 0.6 is 0 Å². The number of ether oxygens (including phenoxy) is 1. The fourth-order valence-electron chi connectivity index (χ4n) is 4.71. The van der Waals surface area contributed by atoms with Crippen molar-refractivity contribution in [1.82, 2.24) is 9.80 Å². The summed E-state index contributed by atoms with van der Waals surface area (Å²) in [5.74, 6) is 0.180. The highest BCUT2D eigenvalue weighted by Gasteiger charge is 2.46. The molecule has 2 fully saturated rings. The van der Waals surface area contributed by atoms with Crippen molar-refractivity contribution in [2.75, 3.05) is 39.1 Å². The van der Waals surface area contributed by atoms with Crippen LogP contribution in [0.2, 0.25) is 0 Å². The van der Waals surface area contributed by atoms with Crippen LogP contribution in [0.1, 0.15) is 30.5 Å². The monoisotopic (exact) mass is 442 g/mol. The van der Waals surface area contributed by atoms with Gasteiger partial charge < -0.3 is 9.64 Å². The molecule has 2 aliphatic heterocycles. The van der Waals surface area contributed by atoms with Crippen molar-refractivity contribution in [3.05, 3.63) is 65.7 Å². The lowest BCUT2D eigenvalue weighted by Gasteiger charge is -2.33. The van der Waals surface area contributed by atoms with Crippen molar-refractivity contribution in [2.24, 2.45) is 5.41 Å². The van der Waals surface area contributed by atoms with Gasteiger partial charge in [0.2, 0.25) is 5.91 Å². The number of hydrogen-bond donors (Lipinski definition) is 0. The third-order valence-corrected chi connectivity index (χ3v) is 7.51. The van der Waals surface area contributed by atoms with E-state index >= 15 is 0 Å². The molecule has 0 saturated carbocycles. The fourth-order valence-corrected chi connectivity index (χ4v) is 5.34. The second-order valence-electron chi connectivity index (χ2n) is 8.96. The van der Waals surface area contributed by atoms with E-state index in [-0.39, 0.29) is 17.4 Å². The Kier molecular flexibility index (Phi) is 6.19. The summed E-state index contributed by atoms with van der Waals surface area (Å²) in [6.07, 6.45) is 1.71. The molecule has 2 saturated heterocycles. The molecular weight excluding hydrogens is 412 g/mol. The number of sulfone groups is 1. The highest BCUT2D eigenvalue weighted by atomic mass is 32.2. The zero-order valence-electron chi connectivity index (χ0n) is 18.2. The molecule has 6 nitrogen and oxygen atoms in total. The van der Waals surface area contributed by atoms with Gasteiger partial charge in [0.05, 0.1) is 24.2 Å². The van der Waals surface area contributed by atoms with Crippen molar-refractivity contribution in [3.8, 4) is 0 Å². The van der Waals surface area contributed by atoms with Crippen molar-refractivity contribution in [1.29, 1.82) is 0 Å². The van der Waals surface area contributed by atoms with Crippen LogP contribution in [0.15, 0.2) is 59.5 Å². The minimum atomic E-state index is -3.20. The molecule has 0 unspecified atom stereocenters. The minimum absolute atomic E-state index is 0.0355. The van der Waals surface area contributed by atoms with Gasteiger partial charge in [0.1, 0.15) is 0 Å². The molecule has 1 amide bonds. The van der Waals surface area contributed by atoms with E-state index in [0.29, 0.717) is 37.6 Å². The lowest BCUT2D eigenvalue weighted by molar-refractivity contribution is -0.129. The molecule has 0 aromatic heterocycles. The molecule has 166 valence electrons. The molecule has 0 radical (unpaired) electrons. The predicted molar refractivity (Wildman–Crippen MR) is 119 cm³/mol. The number of hydrogen-bond acceptors (Lipinski definition) is 5. The number of carbonyl (C=O) groups is 1. The van der Waals surface area contributed by atoms with Crippen LogP contribution in [0.4, 0.5) is 0 Å². The van der Waals surface area contributed by atoms with E-state index < -0.39 is 9.84 Å². The second-order valence-corrected chi connectivity index (χ2v) is 11.0. The SMILES string of the molecule is C[C@@H](c1ccccc1)N1C[C@@]2(COCCN(Cc3ccc(S(C)(=O)=O)cc3)C2)CC1=O. The van der Waals surface area contributed by atoms with E-state index in [0.717, 1.165) is 24.2 Å². The summed E-state index contributed by atoms with van der Waals surface area (Å²) in [4.78, 5) is 17.6. The highest BCUT2D eigenvalue weighted by molar-refractivity contribution is 7.90. The summed E-state index contributed by atoms with van der Waals surface area (Å²) in [5, 5.41) is 0. The van der Waals surface area contributed by atoms with Crippen molar-refractivity contribution >= 4 is 15.7 Å². The van der Waals surface area contributed by atoms with E-state index in [1.54, 1.807) is 12.1 Å². The Morgan fingerprint density at radius 3 is 2.45 bits per heavy atom. The Hall–Kier alpha value is -2.22. The Labute approximate surface area is 184 Å². The van der Waals surface area contributed by atoms with E-state index in [1.807, 2.05) is 35.2 Å². The third kappa shape index (κ3) is 5.00. The van der Waals surface area contributed by atoms with Gasteiger partial charge in [-0.2, -0.15) is 0 Å². The molecule has 0 N–H and O–H groups in total. The summed E-state index contributed by atoms with van der Waals surface area (Å²) in [5.41, 5.74) is 1.98. The normalized spacial score (nSPS) is 23.8. The average molecular weight is 443 g/mol. The van der Waals surface area contributed by atoms with Gasteiger partial charge in [0, 0.05) is 44.3 Å². The first-order valence-corrected chi connectivity index (χ1v) is 12.6. The second kappa shape index (κ2) is 8.73. The van der Waals surface area contributed by atoms with Crippen LogP contribution in [0, 0.1) is 5.41 Å². The summed E-state index contributed by atoms with van der Waals surface area (Å²) in [6, 6.07) is 17.3. The molecule has 1 spiro atoms. The minimum Gasteiger partial charge on any atom is -0.379 e. The van der Waals surface area contributed by atoms with Gasteiger partial charge in [-0.25, -0.2) is 8.42 Å². The van der Waals surface area contributed by atoms with Gasteiger partial charge in [-0.1, -0.05) is 42.5 Å². The molecular formula is C24H30N2O4S. The summed E-state index contributed by atoms with van der Waals surface area (Å²) in [6.45, 7) is 6.27. The van der Waals surface area contributed by atoms with E-state index in [2.05, 4.69) is 24.0 Å². The van der Waals surface area contributed by atoms with Gasteiger partial charge in [-0.15, -0.1) is 0 Å². The fraction of sp³-hybridized carbons (Fsp3) is 0.458. The molecule has 2 aliphatic rings. The van der Waals surface area contributed by atoms with Crippen LogP contribution in [0.3, 0.4) is 0 Å². The lowest BCUT2D eigenvalue weighted by atomic mass is 9.87. The van der Waals surface area contributed by atoms with Crippen molar-refractivity contribution in [2.45, 2.75) is 30.8 Å². The number of amides is 1. The first-order chi connectivity index (χ1) is 14.8. The first kappa shape index (κ1) is 22.0. The van der Waals surface area contributed by atoms with Gasteiger partial charge in [-0.3, -0.25) is 9.69 Å². The molecule has 2 aromatic rings. The van der Waals surface area contributed by atoms with Gasteiger partial charge in [0.15, 0.2) is 9.84 Å². The zero-order chi connectivity index (χ0) is 22.1. The number of benzene rings is 2. The quantitative estimate of drug-likeness (QED) is 0.712. The maximum absolute atomic E-state index is 13.0. The maximum atomic E-state index is 13.0. The highest BCUT2D eigenvalue weighted by Crippen LogP contribution is 2.38. The average Bonchev–Trinajstić information content (AvgIpc) is 2.93. The molecule has 4 rings (SSSR count). The zero-order valence-corrected chi connectivity index (χ0v) is 19.0. The van der Waals surface area contributed by atoms with Crippen molar-refractivity contribution in [3.63, 3.8) is 0 Å². The summed E-state index contributed by atoms with van der Waals surface area (Å²) < 4.78 is 29.4. The molecule has 2 heterocycles. The summed E-state index contributed by atoms with van der Waals surface area (Å²) in [7, 11) is -3.20. The van der Waals surface area contributed by atoms with Crippen LogP contribution < -0.4 is 0 Å². The summed E-state index contributed by atoms with van der Waals surface area (Å²) >= 11 is 0. The number of likely N-dealkylation sites (tertiary alicyclic amines) is 1. The molecule has 0 aliphatic carbocycles. The molecule has 0 bridgehead atoms. The number of rotatable bonds is 5. The van der Waals surface area contributed by atoms with Gasteiger partial charge in [-0.05, 0) is 30.2 Å². The Bertz CT molecular complexity index is 1020. The van der Waals surface area contributed by atoms with Crippen LogP contribution in [-0.2, 0) is 25.9 Å². The van der Waals surface area contributed by atoms with Crippen molar-refractivity contribution < 1.29 is 17.9 Å².